The molecule has 0 unspecified atom stereocenters. The van der Waals surface area contributed by atoms with Crippen molar-refractivity contribution in [1.82, 2.24) is 14.5 Å². The maximum absolute atomic E-state index is 13.2. The Kier molecular flexibility index (Phi) is 5.76. The van der Waals surface area contributed by atoms with E-state index in [0.29, 0.717) is 41.0 Å². The van der Waals surface area contributed by atoms with Crippen LogP contribution in [0.5, 0.6) is 0 Å². The second kappa shape index (κ2) is 8.75. The Morgan fingerprint density at radius 2 is 1.88 bits per heavy atom. The van der Waals surface area contributed by atoms with Crippen molar-refractivity contribution in [2.75, 3.05) is 6.54 Å². The average Bonchev–Trinajstić information content (AvgIpc) is 3.38. The van der Waals surface area contributed by atoms with Crippen molar-refractivity contribution in [1.29, 1.82) is 0 Å². The van der Waals surface area contributed by atoms with Crippen LogP contribution in [-0.4, -0.2) is 44.9 Å². The Labute approximate surface area is 198 Å². The number of carbonyl (C=O) groups is 3. The fraction of sp³-hybridized carbons (Fsp3) is 0.375. The standard InChI is InChI=1S/C24H22FN3O5S/c1-13-18-20(26-17-6-4-12-27(17)23(18)31)34-19(13)24(32)33-16-5-2-3-11-28(22(16)30)21(29)14-7-9-15(25)10-8-14/h7-10,16H,2-6,11-12H2,1H3/t16-/m0/s1. The number of ether oxygens (including phenoxy) is 1. The molecule has 1 fully saturated rings. The lowest BCUT2D eigenvalue weighted by molar-refractivity contribution is -0.137. The summed E-state index contributed by atoms with van der Waals surface area (Å²) in [5.74, 6) is -1.63. The molecule has 1 saturated heterocycles. The van der Waals surface area contributed by atoms with Crippen LogP contribution in [0, 0.1) is 12.7 Å². The summed E-state index contributed by atoms with van der Waals surface area (Å²) < 4.78 is 20.5. The maximum atomic E-state index is 13.2. The van der Waals surface area contributed by atoms with Gasteiger partial charge in [0.2, 0.25) is 0 Å². The molecule has 1 aromatic carbocycles. The summed E-state index contributed by atoms with van der Waals surface area (Å²) in [6.07, 6.45) is 1.92. The van der Waals surface area contributed by atoms with E-state index in [0.717, 1.165) is 41.2 Å². The van der Waals surface area contributed by atoms with E-state index in [4.69, 9.17) is 4.74 Å². The summed E-state index contributed by atoms with van der Waals surface area (Å²) in [5, 5.41) is 0.405. The highest BCUT2D eigenvalue weighted by atomic mass is 32.1. The van der Waals surface area contributed by atoms with Crippen LogP contribution in [0.4, 0.5) is 4.39 Å². The van der Waals surface area contributed by atoms with E-state index in [-0.39, 0.29) is 29.0 Å². The number of fused-ring (bicyclic) bond motifs is 2. The summed E-state index contributed by atoms with van der Waals surface area (Å²) >= 11 is 1.09. The van der Waals surface area contributed by atoms with Crippen molar-refractivity contribution >= 4 is 39.3 Å². The van der Waals surface area contributed by atoms with Gasteiger partial charge in [-0.3, -0.25) is 23.9 Å². The lowest BCUT2D eigenvalue weighted by Gasteiger charge is -2.22. The lowest BCUT2D eigenvalue weighted by atomic mass is 10.1. The molecule has 3 aromatic rings. The van der Waals surface area contributed by atoms with Gasteiger partial charge in [0.1, 0.15) is 21.3 Å². The van der Waals surface area contributed by atoms with E-state index >= 15 is 0 Å². The zero-order valence-electron chi connectivity index (χ0n) is 18.5. The zero-order chi connectivity index (χ0) is 24.0. The monoisotopic (exact) mass is 483 g/mol. The molecule has 0 aliphatic carbocycles. The number of hydrogen-bond acceptors (Lipinski definition) is 7. The quantitative estimate of drug-likeness (QED) is 0.419. The highest BCUT2D eigenvalue weighted by Crippen LogP contribution is 2.30. The number of esters is 1. The molecular formula is C24H22FN3O5S. The van der Waals surface area contributed by atoms with Gasteiger partial charge in [-0.1, -0.05) is 0 Å². The predicted molar refractivity (Wildman–Crippen MR) is 122 cm³/mol. The smallest absolute Gasteiger partial charge is 0.349 e. The van der Waals surface area contributed by atoms with Crippen LogP contribution in [-0.2, 0) is 22.5 Å². The fourth-order valence-corrected chi connectivity index (χ4v) is 5.59. The second-order valence-electron chi connectivity index (χ2n) is 8.52. The molecular weight excluding hydrogens is 461 g/mol. The Morgan fingerprint density at radius 3 is 2.65 bits per heavy atom. The second-order valence-corrected chi connectivity index (χ2v) is 9.52. The largest absolute Gasteiger partial charge is 0.448 e. The number of nitrogens with zero attached hydrogens (tertiary/aromatic N) is 3. The summed E-state index contributed by atoms with van der Waals surface area (Å²) in [7, 11) is 0. The SMILES string of the molecule is Cc1c(C(=O)O[C@H]2CCCCN(C(=O)c3ccc(F)cc3)C2=O)sc2nc3n(c(=O)c12)CCC3. The Balaban J connectivity index is 1.40. The van der Waals surface area contributed by atoms with E-state index in [9.17, 15) is 23.6 Å². The molecule has 34 heavy (non-hydrogen) atoms. The number of halogens is 1. The minimum absolute atomic E-state index is 0.160. The minimum Gasteiger partial charge on any atom is -0.448 e. The van der Waals surface area contributed by atoms with Crippen LogP contribution in [0.15, 0.2) is 29.1 Å². The number of thiophene rings is 1. The first-order valence-electron chi connectivity index (χ1n) is 11.2. The maximum Gasteiger partial charge on any atom is 0.349 e. The van der Waals surface area contributed by atoms with E-state index in [1.807, 2.05) is 0 Å². The van der Waals surface area contributed by atoms with Gasteiger partial charge < -0.3 is 4.74 Å². The topological polar surface area (TPSA) is 98.6 Å². The van der Waals surface area contributed by atoms with Crippen LogP contribution in [0.25, 0.3) is 10.2 Å². The summed E-state index contributed by atoms with van der Waals surface area (Å²) in [6.45, 7) is 2.48. The van der Waals surface area contributed by atoms with Gasteiger partial charge in [0, 0.05) is 25.1 Å². The van der Waals surface area contributed by atoms with Crippen molar-refractivity contribution in [3.8, 4) is 0 Å². The molecule has 4 heterocycles. The van der Waals surface area contributed by atoms with Crippen LogP contribution in [0.3, 0.4) is 0 Å². The highest BCUT2D eigenvalue weighted by molar-refractivity contribution is 7.20. The molecule has 0 bridgehead atoms. The normalized spacial score (nSPS) is 18.1. The number of benzene rings is 1. The molecule has 2 aliphatic heterocycles. The van der Waals surface area contributed by atoms with E-state index in [2.05, 4.69) is 4.98 Å². The Hall–Kier alpha value is -3.40. The number of amides is 2. The lowest BCUT2D eigenvalue weighted by Crippen LogP contribution is -2.43. The molecule has 8 nitrogen and oxygen atoms in total. The number of aryl methyl sites for hydroxylation is 2. The fourth-order valence-electron chi connectivity index (χ4n) is 4.52. The third kappa shape index (κ3) is 3.81. The van der Waals surface area contributed by atoms with Gasteiger partial charge in [-0.2, -0.15) is 0 Å². The molecule has 0 spiro atoms. The van der Waals surface area contributed by atoms with Gasteiger partial charge >= 0.3 is 5.97 Å². The summed E-state index contributed by atoms with van der Waals surface area (Å²) in [4.78, 5) is 58.3. The summed E-state index contributed by atoms with van der Waals surface area (Å²) in [5.41, 5.74) is 0.513. The number of aromatic nitrogens is 2. The molecule has 10 heteroatoms. The van der Waals surface area contributed by atoms with Crippen LogP contribution >= 0.6 is 11.3 Å². The number of imide groups is 1. The molecule has 176 valence electrons. The summed E-state index contributed by atoms with van der Waals surface area (Å²) in [6, 6.07) is 4.95. The van der Waals surface area contributed by atoms with E-state index in [1.165, 1.54) is 12.1 Å². The molecule has 2 aromatic heterocycles. The minimum atomic E-state index is -1.12. The van der Waals surface area contributed by atoms with Crippen molar-refractivity contribution in [3.63, 3.8) is 0 Å². The van der Waals surface area contributed by atoms with Crippen LogP contribution in [0.1, 0.15) is 57.1 Å². The van der Waals surface area contributed by atoms with Crippen molar-refractivity contribution in [3.05, 3.63) is 62.3 Å². The van der Waals surface area contributed by atoms with Gasteiger partial charge in [-0.25, -0.2) is 14.2 Å². The average molecular weight is 484 g/mol. The van der Waals surface area contributed by atoms with Gasteiger partial charge in [-0.05, 0) is 62.4 Å². The molecule has 0 saturated carbocycles. The van der Waals surface area contributed by atoms with Gasteiger partial charge in [0.05, 0.1) is 5.39 Å². The molecule has 0 radical (unpaired) electrons. The van der Waals surface area contributed by atoms with Gasteiger partial charge in [0.25, 0.3) is 17.4 Å². The molecule has 0 N–H and O–H groups in total. The first-order chi connectivity index (χ1) is 16.3. The Bertz CT molecular complexity index is 1380. The number of rotatable bonds is 3. The third-order valence-corrected chi connectivity index (χ3v) is 7.49. The van der Waals surface area contributed by atoms with E-state index in [1.54, 1.807) is 11.5 Å². The molecule has 2 aliphatic rings. The van der Waals surface area contributed by atoms with Gasteiger partial charge in [-0.15, -0.1) is 11.3 Å². The zero-order valence-corrected chi connectivity index (χ0v) is 19.3. The number of carbonyl (C=O) groups excluding carboxylic acids is 3. The van der Waals surface area contributed by atoms with Gasteiger partial charge in [0.15, 0.2) is 6.10 Å². The first-order valence-corrected chi connectivity index (χ1v) is 12.0. The van der Waals surface area contributed by atoms with Crippen molar-refractivity contribution in [2.24, 2.45) is 0 Å². The molecule has 5 rings (SSSR count). The molecule has 2 amide bonds. The number of hydrogen-bond donors (Lipinski definition) is 0. The Morgan fingerprint density at radius 1 is 1.12 bits per heavy atom. The highest BCUT2D eigenvalue weighted by Gasteiger charge is 2.35. The van der Waals surface area contributed by atoms with E-state index < -0.39 is 29.7 Å². The van der Waals surface area contributed by atoms with Crippen LogP contribution in [0.2, 0.25) is 0 Å². The van der Waals surface area contributed by atoms with Crippen molar-refractivity contribution in [2.45, 2.75) is 51.7 Å². The van der Waals surface area contributed by atoms with Crippen LogP contribution < -0.4 is 5.56 Å². The number of likely N-dealkylation sites (tertiary alicyclic amines) is 1. The molecule has 1 atom stereocenters. The predicted octanol–water partition coefficient (Wildman–Crippen LogP) is 3.23. The third-order valence-electron chi connectivity index (χ3n) is 6.32. The van der Waals surface area contributed by atoms with Crippen molar-refractivity contribution < 1.29 is 23.5 Å². The first kappa shape index (κ1) is 22.4.